The van der Waals surface area contributed by atoms with Gasteiger partial charge in [0.05, 0.1) is 5.69 Å². The molecule has 2 aliphatic rings. The molecule has 0 N–H and O–H groups in total. The van der Waals surface area contributed by atoms with E-state index in [1.807, 2.05) is 22.7 Å². The molecule has 1 aromatic carbocycles. The largest absolute Gasteiger partial charge is 0.349 e. The smallest absolute Gasteiger partial charge is 0.155 e. The maximum absolute atomic E-state index is 13.6. The fourth-order valence-electron chi connectivity index (χ4n) is 5.27. The van der Waals surface area contributed by atoms with Crippen LogP contribution in [0.2, 0.25) is 0 Å². The molecule has 2 atom stereocenters. The molecular formula is C25H25FN6. The van der Waals surface area contributed by atoms with Gasteiger partial charge in [-0.3, -0.25) is 9.88 Å². The summed E-state index contributed by atoms with van der Waals surface area (Å²) in [7, 11) is 0. The van der Waals surface area contributed by atoms with Crippen LogP contribution in [0.4, 0.5) is 10.2 Å². The van der Waals surface area contributed by atoms with Gasteiger partial charge in [0.15, 0.2) is 5.65 Å². The first kappa shape index (κ1) is 19.4. The lowest BCUT2D eigenvalue weighted by Crippen LogP contribution is -2.49. The number of halogens is 1. The highest BCUT2D eigenvalue weighted by atomic mass is 19.1. The maximum Gasteiger partial charge on any atom is 0.155 e. The molecule has 4 aromatic rings. The van der Waals surface area contributed by atoms with Crippen molar-refractivity contribution < 1.29 is 4.39 Å². The van der Waals surface area contributed by atoms with Crippen LogP contribution in [0, 0.1) is 5.82 Å². The SMILES string of the molecule is CC(C)N1CC2CC1CN2c1ccc2nc(-c3ccc(F)cc3)c(-c3ccncc3)n2n1. The number of piperazine rings is 1. The Morgan fingerprint density at radius 1 is 0.906 bits per heavy atom. The predicted octanol–water partition coefficient (Wildman–Crippen LogP) is 4.27. The fraction of sp³-hybridized carbons (Fsp3) is 0.320. The van der Waals surface area contributed by atoms with E-state index >= 15 is 0 Å². The zero-order chi connectivity index (χ0) is 21.8. The summed E-state index contributed by atoms with van der Waals surface area (Å²) in [5.41, 5.74) is 4.29. The van der Waals surface area contributed by atoms with Crippen LogP contribution >= 0.6 is 0 Å². The maximum atomic E-state index is 13.6. The van der Waals surface area contributed by atoms with E-state index in [1.165, 1.54) is 18.6 Å². The molecule has 2 bridgehead atoms. The summed E-state index contributed by atoms with van der Waals surface area (Å²) in [6, 6.07) is 16.2. The second kappa shape index (κ2) is 7.38. The number of likely N-dealkylation sites (tertiary alicyclic amines) is 1. The minimum absolute atomic E-state index is 0.261. The average Bonchev–Trinajstić information content (AvgIpc) is 3.52. The van der Waals surface area contributed by atoms with Crippen LogP contribution in [0.15, 0.2) is 60.9 Å². The molecule has 0 saturated carbocycles. The third kappa shape index (κ3) is 3.07. The summed E-state index contributed by atoms with van der Waals surface area (Å²) in [5.74, 6) is 0.717. The molecule has 2 aliphatic heterocycles. The van der Waals surface area contributed by atoms with Gasteiger partial charge in [0.1, 0.15) is 17.3 Å². The van der Waals surface area contributed by atoms with Crippen LogP contribution in [0.25, 0.3) is 28.2 Å². The zero-order valence-electron chi connectivity index (χ0n) is 18.2. The number of fused-ring (bicyclic) bond motifs is 3. The summed E-state index contributed by atoms with van der Waals surface area (Å²) in [5, 5.41) is 5.05. The molecule has 5 heterocycles. The van der Waals surface area contributed by atoms with E-state index in [4.69, 9.17) is 10.1 Å². The third-order valence-electron chi connectivity index (χ3n) is 6.78. The standard InChI is InChI=1S/C25H25FN6/c1-16(2)30-14-21-13-20(30)15-31(21)23-8-7-22-28-24(17-3-5-19(26)6-4-17)25(32(22)29-23)18-9-11-27-12-10-18/h3-12,16,20-21H,13-15H2,1-2H3. The molecule has 2 fully saturated rings. The topological polar surface area (TPSA) is 49.6 Å². The van der Waals surface area contributed by atoms with Crippen LogP contribution in [0.5, 0.6) is 0 Å². The molecule has 6 nitrogen and oxygen atoms in total. The molecule has 162 valence electrons. The van der Waals surface area contributed by atoms with Crippen molar-refractivity contribution >= 4 is 11.5 Å². The quantitative estimate of drug-likeness (QED) is 0.486. The summed E-state index contributed by atoms with van der Waals surface area (Å²) in [6.45, 7) is 6.65. The number of hydrogen-bond donors (Lipinski definition) is 0. The highest BCUT2D eigenvalue weighted by Gasteiger charge is 2.44. The van der Waals surface area contributed by atoms with Gasteiger partial charge in [0.25, 0.3) is 0 Å². The molecule has 2 saturated heterocycles. The third-order valence-corrected chi connectivity index (χ3v) is 6.78. The summed E-state index contributed by atoms with van der Waals surface area (Å²) in [4.78, 5) is 14.1. The van der Waals surface area contributed by atoms with Crippen molar-refractivity contribution in [2.75, 3.05) is 18.0 Å². The van der Waals surface area contributed by atoms with Crippen molar-refractivity contribution in [3.05, 3.63) is 66.7 Å². The fourth-order valence-corrected chi connectivity index (χ4v) is 5.27. The van der Waals surface area contributed by atoms with Crippen LogP contribution in [-0.4, -0.2) is 55.7 Å². The van der Waals surface area contributed by atoms with E-state index in [2.05, 4.69) is 34.7 Å². The van der Waals surface area contributed by atoms with Crippen LogP contribution in [-0.2, 0) is 0 Å². The predicted molar refractivity (Wildman–Crippen MR) is 123 cm³/mol. The Kier molecular flexibility index (Phi) is 4.47. The van der Waals surface area contributed by atoms with Crippen molar-refractivity contribution in [1.82, 2.24) is 24.5 Å². The molecule has 0 amide bonds. The van der Waals surface area contributed by atoms with Gasteiger partial charge in [0.2, 0.25) is 0 Å². The lowest BCUT2D eigenvalue weighted by Gasteiger charge is -2.36. The van der Waals surface area contributed by atoms with E-state index < -0.39 is 0 Å². The first-order valence-electron chi connectivity index (χ1n) is 11.2. The van der Waals surface area contributed by atoms with Gasteiger partial charge in [-0.15, -0.1) is 5.10 Å². The Balaban J connectivity index is 1.46. The van der Waals surface area contributed by atoms with Crippen LogP contribution < -0.4 is 4.90 Å². The summed E-state index contributed by atoms with van der Waals surface area (Å²) >= 11 is 0. The van der Waals surface area contributed by atoms with Crippen molar-refractivity contribution in [1.29, 1.82) is 0 Å². The Bertz CT molecular complexity index is 1270. The molecule has 0 radical (unpaired) electrons. The molecule has 0 aliphatic carbocycles. The zero-order valence-corrected chi connectivity index (χ0v) is 18.2. The van der Waals surface area contributed by atoms with Gasteiger partial charge < -0.3 is 4.90 Å². The highest BCUT2D eigenvalue weighted by molar-refractivity contribution is 5.81. The molecule has 7 heteroatoms. The van der Waals surface area contributed by atoms with E-state index in [1.54, 1.807) is 24.5 Å². The van der Waals surface area contributed by atoms with Crippen molar-refractivity contribution in [2.45, 2.75) is 38.4 Å². The summed E-state index contributed by atoms with van der Waals surface area (Å²) in [6.07, 6.45) is 4.74. The van der Waals surface area contributed by atoms with Gasteiger partial charge in [0, 0.05) is 54.7 Å². The van der Waals surface area contributed by atoms with Crippen molar-refractivity contribution in [3.63, 3.8) is 0 Å². The Hall–Kier alpha value is -3.32. The first-order valence-corrected chi connectivity index (χ1v) is 11.2. The number of pyridine rings is 1. The van der Waals surface area contributed by atoms with Crippen LogP contribution in [0.3, 0.4) is 0 Å². The van der Waals surface area contributed by atoms with Crippen molar-refractivity contribution in [3.8, 4) is 22.5 Å². The molecule has 3 aromatic heterocycles. The number of nitrogens with zero attached hydrogens (tertiary/aromatic N) is 6. The Morgan fingerprint density at radius 2 is 1.69 bits per heavy atom. The van der Waals surface area contributed by atoms with Gasteiger partial charge in [-0.2, -0.15) is 0 Å². The molecule has 0 spiro atoms. The highest BCUT2D eigenvalue weighted by Crippen LogP contribution is 2.36. The number of aromatic nitrogens is 4. The van der Waals surface area contributed by atoms with Gasteiger partial charge in [-0.25, -0.2) is 13.9 Å². The lowest BCUT2D eigenvalue weighted by molar-refractivity contribution is 0.191. The van der Waals surface area contributed by atoms with Gasteiger partial charge >= 0.3 is 0 Å². The normalized spacial score (nSPS) is 20.7. The average molecular weight is 429 g/mol. The summed E-state index contributed by atoms with van der Waals surface area (Å²) < 4.78 is 15.5. The van der Waals surface area contributed by atoms with E-state index in [9.17, 15) is 4.39 Å². The lowest BCUT2D eigenvalue weighted by atomic mass is 10.1. The Morgan fingerprint density at radius 3 is 2.38 bits per heavy atom. The first-order chi connectivity index (χ1) is 15.6. The van der Waals surface area contributed by atoms with Crippen LogP contribution in [0.1, 0.15) is 20.3 Å². The monoisotopic (exact) mass is 428 g/mol. The van der Waals surface area contributed by atoms with Gasteiger partial charge in [-0.05, 0) is 68.8 Å². The number of rotatable bonds is 4. The number of benzene rings is 1. The molecule has 32 heavy (non-hydrogen) atoms. The molecular weight excluding hydrogens is 403 g/mol. The Labute approximate surface area is 186 Å². The van der Waals surface area contributed by atoms with E-state index in [-0.39, 0.29) is 5.82 Å². The van der Waals surface area contributed by atoms with Gasteiger partial charge in [-0.1, -0.05) is 0 Å². The number of anilines is 1. The number of imidazole rings is 1. The van der Waals surface area contributed by atoms with E-state index in [0.717, 1.165) is 47.1 Å². The minimum Gasteiger partial charge on any atom is -0.349 e. The second-order valence-electron chi connectivity index (χ2n) is 9.00. The van der Waals surface area contributed by atoms with Crippen molar-refractivity contribution in [2.24, 2.45) is 0 Å². The number of hydrogen-bond acceptors (Lipinski definition) is 5. The van der Waals surface area contributed by atoms with E-state index in [0.29, 0.717) is 18.1 Å². The second-order valence-corrected chi connectivity index (χ2v) is 9.00. The minimum atomic E-state index is -0.261. The molecule has 6 rings (SSSR count). The molecule has 2 unspecified atom stereocenters.